The molecular formula is C20H31N3O3S. The van der Waals surface area contributed by atoms with Gasteiger partial charge in [0.05, 0.1) is 4.90 Å². The molecule has 0 aromatic heterocycles. The van der Waals surface area contributed by atoms with Crippen LogP contribution in [-0.4, -0.2) is 43.8 Å². The minimum Gasteiger partial charge on any atom is -0.352 e. The number of sulfonamides is 1. The van der Waals surface area contributed by atoms with Crippen LogP contribution in [0.25, 0.3) is 0 Å². The van der Waals surface area contributed by atoms with Crippen LogP contribution >= 0.6 is 0 Å². The Morgan fingerprint density at radius 3 is 2.33 bits per heavy atom. The highest BCUT2D eigenvalue weighted by Crippen LogP contribution is 2.32. The second kappa shape index (κ2) is 8.29. The normalized spacial score (nSPS) is 25.1. The minimum atomic E-state index is -3.47. The summed E-state index contributed by atoms with van der Waals surface area (Å²) in [7, 11) is -1.89. The maximum atomic E-state index is 12.5. The van der Waals surface area contributed by atoms with Crippen molar-refractivity contribution in [3.05, 3.63) is 29.8 Å². The molecule has 150 valence electrons. The topological polar surface area (TPSA) is 78.5 Å². The summed E-state index contributed by atoms with van der Waals surface area (Å²) >= 11 is 0. The van der Waals surface area contributed by atoms with Gasteiger partial charge < -0.3 is 10.6 Å². The summed E-state index contributed by atoms with van der Waals surface area (Å²) in [5.41, 5.74) is 0.903. The first-order valence-electron chi connectivity index (χ1n) is 9.85. The molecule has 2 unspecified atom stereocenters. The Morgan fingerprint density at radius 1 is 1.19 bits per heavy atom. The van der Waals surface area contributed by atoms with Gasteiger partial charge in [-0.05, 0) is 63.1 Å². The van der Waals surface area contributed by atoms with E-state index in [-0.39, 0.29) is 16.8 Å². The molecule has 0 aliphatic carbocycles. The second-order valence-electron chi connectivity index (χ2n) is 8.22. The fourth-order valence-corrected chi connectivity index (χ4v) is 5.47. The van der Waals surface area contributed by atoms with E-state index in [1.54, 1.807) is 31.3 Å². The molecule has 2 N–H and O–H groups in total. The lowest BCUT2D eigenvalue weighted by molar-refractivity contribution is -0.122. The molecule has 7 heteroatoms. The van der Waals surface area contributed by atoms with Crippen molar-refractivity contribution < 1.29 is 13.2 Å². The summed E-state index contributed by atoms with van der Waals surface area (Å²) in [5.74, 6) is 0.556. The Kier molecular flexibility index (Phi) is 6.23. The van der Waals surface area contributed by atoms with Crippen LogP contribution < -0.4 is 10.6 Å². The number of piperidine rings is 1. The highest BCUT2D eigenvalue weighted by Gasteiger charge is 2.34. The zero-order valence-corrected chi connectivity index (χ0v) is 17.3. The van der Waals surface area contributed by atoms with Crippen molar-refractivity contribution in [1.29, 1.82) is 0 Å². The number of hydrogen-bond acceptors (Lipinski definition) is 4. The fraction of sp³-hybridized carbons (Fsp3) is 0.650. The maximum absolute atomic E-state index is 12.5. The van der Waals surface area contributed by atoms with Crippen LogP contribution in [0.4, 0.5) is 0 Å². The molecule has 27 heavy (non-hydrogen) atoms. The van der Waals surface area contributed by atoms with Crippen molar-refractivity contribution in [2.24, 2.45) is 5.92 Å². The zero-order chi connectivity index (χ0) is 19.6. The Labute approximate surface area is 162 Å². The standard InChI is InChI=1S/C20H31N3O3S/c1-14(2)23(3)27(25,26)19-8-4-15(5-9-19)13-21-20(24)12-16-10-17-6-7-18(11-16)22-17/h4-5,8-9,14,16-18,22H,6-7,10-13H2,1-3H3,(H,21,24). The maximum Gasteiger partial charge on any atom is 0.243 e. The molecule has 0 radical (unpaired) electrons. The summed E-state index contributed by atoms with van der Waals surface area (Å²) < 4.78 is 26.3. The van der Waals surface area contributed by atoms with Gasteiger partial charge in [0.15, 0.2) is 0 Å². The first kappa shape index (κ1) is 20.3. The summed E-state index contributed by atoms with van der Waals surface area (Å²) in [4.78, 5) is 12.6. The molecule has 2 aliphatic heterocycles. The lowest BCUT2D eigenvalue weighted by atomic mass is 9.89. The summed E-state index contributed by atoms with van der Waals surface area (Å²) in [5, 5.41) is 6.58. The number of rotatable bonds is 7. The van der Waals surface area contributed by atoms with E-state index >= 15 is 0 Å². The number of carbonyl (C=O) groups excluding carboxylic acids is 1. The van der Waals surface area contributed by atoms with Gasteiger partial charge in [0.25, 0.3) is 0 Å². The minimum absolute atomic E-state index is 0.0811. The molecule has 2 fully saturated rings. The monoisotopic (exact) mass is 393 g/mol. The van der Waals surface area contributed by atoms with E-state index in [4.69, 9.17) is 0 Å². The number of hydrogen-bond donors (Lipinski definition) is 2. The van der Waals surface area contributed by atoms with Gasteiger partial charge in [-0.25, -0.2) is 8.42 Å². The second-order valence-corrected chi connectivity index (χ2v) is 10.2. The van der Waals surface area contributed by atoms with Crippen molar-refractivity contribution >= 4 is 15.9 Å². The molecule has 2 aliphatic rings. The summed E-state index contributed by atoms with van der Waals surface area (Å²) in [6, 6.07) is 7.86. The average Bonchev–Trinajstić information content (AvgIpc) is 2.98. The average molecular weight is 394 g/mol. The molecule has 2 heterocycles. The molecule has 2 bridgehead atoms. The van der Waals surface area contributed by atoms with Gasteiger partial charge in [-0.2, -0.15) is 4.31 Å². The van der Waals surface area contributed by atoms with Gasteiger partial charge >= 0.3 is 0 Å². The number of nitrogens with zero attached hydrogens (tertiary/aromatic N) is 1. The first-order chi connectivity index (χ1) is 12.8. The zero-order valence-electron chi connectivity index (χ0n) is 16.4. The molecule has 1 aromatic rings. The lowest BCUT2D eigenvalue weighted by Gasteiger charge is -2.28. The van der Waals surface area contributed by atoms with Crippen molar-refractivity contribution in [1.82, 2.24) is 14.9 Å². The van der Waals surface area contributed by atoms with Gasteiger partial charge in [-0.1, -0.05) is 12.1 Å². The van der Waals surface area contributed by atoms with Gasteiger partial charge in [0.1, 0.15) is 0 Å². The third kappa shape index (κ3) is 4.89. The van der Waals surface area contributed by atoms with E-state index in [0.717, 1.165) is 18.4 Å². The largest absolute Gasteiger partial charge is 0.352 e. The van der Waals surface area contributed by atoms with Crippen LogP contribution in [-0.2, 0) is 21.4 Å². The van der Waals surface area contributed by atoms with Crippen LogP contribution in [0.2, 0.25) is 0 Å². The van der Waals surface area contributed by atoms with Gasteiger partial charge in [-0.15, -0.1) is 0 Å². The SMILES string of the molecule is CC(C)N(C)S(=O)(=O)c1ccc(CNC(=O)CC2CC3CCC(C2)N3)cc1. The number of carbonyl (C=O) groups is 1. The Hall–Kier alpha value is -1.44. The van der Waals surface area contributed by atoms with E-state index in [9.17, 15) is 13.2 Å². The molecule has 2 atom stereocenters. The summed E-state index contributed by atoms with van der Waals surface area (Å²) in [6.45, 7) is 4.11. The number of benzene rings is 1. The van der Waals surface area contributed by atoms with Crippen LogP contribution in [0.1, 0.15) is 51.5 Å². The predicted molar refractivity (Wildman–Crippen MR) is 106 cm³/mol. The van der Waals surface area contributed by atoms with E-state index in [0.29, 0.717) is 31.0 Å². The van der Waals surface area contributed by atoms with E-state index in [2.05, 4.69) is 10.6 Å². The fourth-order valence-electron chi connectivity index (χ4n) is 4.10. The Morgan fingerprint density at radius 2 is 1.78 bits per heavy atom. The Balaban J connectivity index is 1.50. The van der Waals surface area contributed by atoms with Crippen molar-refractivity contribution in [3.8, 4) is 0 Å². The molecule has 1 amide bonds. The molecule has 1 aromatic carbocycles. The van der Waals surface area contributed by atoms with E-state index in [1.165, 1.54) is 17.1 Å². The van der Waals surface area contributed by atoms with Crippen LogP contribution in [0.15, 0.2) is 29.2 Å². The van der Waals surface area contributed by atoms with E-state index in [1.807, 2.05) is 13.8 Å². The van der Waals surface area contributed by atoms with Crippen LogP contribution in [0.5, 0.6) is 0 Å². The van der Waals surface area contributed by atoms with Crippen LogP contribution in [0.3, 0.4) is 0 Å². The number of amides is 1. The first-order valence-corrected chi connectivity index (χ1v) is 11.3. The molecule has 6 nitrogen and oxygen atoms in total. The van der Waals surface area contributed by atoms with Gasteiger partial charge in [-0.3, -0.25) is 4.79 Å². The highest BCUT2D eigenvalue weighted by atomic mass is 32.2. The Bertz CT molecular complexity index is 749. The molecule has 3 rings (SSSR count). The van der Waals surface area contributed by atoms with Crippen molar-refractivity contribution in [2.75, 3.05) is 7.05 Å². The lowest BCUT2D eigenvalue weighted by Crippen LogP contribution is -2.39. The van der Waals surface area contributed by atoms with Gasteiger partial charge in [0, 0.05) is 38.1 Å². The molecule has 2 saturated heterocycles. The predicted octanol–water partition coefficient (Wildman–Crippen LogP) is 2.25. The van der Waals surface area contributed by atoms with Crippen LogP contribution in [0, 0.1) is 5.92 Å². The third-order valence-corrected chi connectivity index (χ3v) is 7.91. The quantitative estimate of drug-likeness (QED) is 0.745. The third-order valence-electron chi connectivity index (χ3n) is 5.86. The molecule has 0 spiro atoms. The smallest absolute Gasteiger partial charge is 0.243 e. The summed E-state index contributed by atoms with van der Waals surface area (Å²) in [6.07, 6.45) is 5.26. The molecular weight excluding hydrogens is 362 g/mol. The van der Waals surface area contributed by atoms with Crippen molar-refractivity contribution in [2.45, 2.75) is 75.5 Å². The van der Waals surface area contributed by atoms with Crippen molar-refractivity contribution in [3.63, 3.8) is 0 Å². The number of fused-ring (bicyclic) bond motifs is 2. The van der Waals surface area contributed by atoms with Gasteiger partial charge in [0.2, 0.25) is 15.9 Å². The number of nitrogens with one attached hydrogen (secondary N) is 2. The highest BCUT2D eigenvalue weighted by molar-refractivity contribution is 7.89. The molecule has 0 saturated carbocycles. The van der Waals surface area contributed by atoms with E-state index < -0.39 is 10.0 Å².